The molecule has 1 aromatic heterocycles. The second-order valence-electron chi connectivity index (χ2n) is 7.60. The number of hydrogen-bond acceptors (Lipinski definition) is 2. The van der Waals surface area contributed by atoms with Crippen LogP contribution in [0.5, 0.6) is 0 Å². The fourth-order valence-electron chi connectivity index (χ4n) is 3.51. The Morgan fingerprint density at radius 1 is 0.935 bits per heavy atom. The molecule has 0 aliphatic heterocycles. The topological polar surface area (TPSA) is 69.3 Å². The number of nitrogens with zero attached hydrogens (tertiary/aromatic N) is 1. The molecule has 31 heavy (non-hydrogen) atoms. The number of aromatic amines is 1. The van der Waals surface area contributed by atoms with Crippen molar-refractivity contribution in [3.05, 3.63) is 101 Å². The van der Waals surface area contributed by atoms with E-state index >= 15 is 0 Å². The molecule has 3 aromatic carbocycles. The molecular weight excluding hydrogens is 384 g/mol. The Hall–Kier alpha value is -3.86. The molecule has 4 aromatic rings. The van der Waals surface area contributed by atoms with Crippen LogP contribution >= 0.6 is 0 Å². The molecule has 0 bridgehead atoms. The lowest BCUT2D eigenvalue weighted by atomic mass is 10.1. The third-order valence-electron chi connectivity index (χ3n) is 5.26. The summed E-state index contributed by atoms with van der Waals surface area (Å²) in [5.74, 6) is 0.264. The fraction of sp³-hybridized carbons (Fsp3) is 0.154. The van der Waals surface area contributed by atoms with E-state index in [9.17, 15) is 4.79 Å². The lowest BCUT2D eigenvalue weighted by Gasteiger charge is -2.13. The third-order valence-corrected chi connectivity index (χ3v) is 5.26. The summed E-state index contributed by atoms with van der Waals surface area (Å²) in [5.41, 5.74) is 5.94. The zero-order valence-electron chi connectivity index (χ0n) is 17.8. The van der Waals surface area contributed by atoms with Crippen LogP contribution in [-0.4, -0.2) is 23.4 Å². The number of H-pyrrole nitrogens is 1. The van der Waals surface area contributed by atoms with Gasteiger partial charge in [0, 0.05) is 34.9 Å². The molecule has 5 nitrogen and oxygen atoms in total. The van der Waals surface area contributed by atoms with Crippen LogP contribution in [0, 0.1) is 13.8 Å². The summed E-state index contributed by atoms with van der Waals surface area (Å²) in [6.45, 7) is 4.51. The van der Waals surface area contributed by atoms with Crippen molar-refractivity contribution >= 4 is 28.5 Å². The van der Waals surface area contributed by atoms with Crippen LogP contribution in [0.2, 0.25) is 0 Å². The van der Waals surface area contributed by atoms with Gasteiger partial charge in [-0.25, -0.2) is 0 Å². The van der Waals surface area contributed by atoms with Crippen molar-refractivity contribution in [1.82, 2.24) is 10.3 Å². The number of amides is 1. The Bertz CT molecular complexity index is 1220. The van der Waals surface area contributed by atoms with E-state index in [1.165, 1.54) is 16.5 Å². The minimum absolute atomic E-state index is 0.177. The van der Waals surface area contributed by atoms with Crippen molar-refractivity contribution in [3.8, 4) is 0 Å². The van der Waals surface area contributed by atoms with Gasteiger partial charge < -0.3 is 10.3 Å². The molecule has 0 saturated carbocycles. The average Bonchev–Trinajstić information content (AvgIpc) is 3.19. The van der Waals surface area contributed by atoms with Crippen molar-refractivity contribution < 1.29 is 4.79 Å². The Morgan fingerprint density at radius 2 is 1.68 bits per heavy atom. The summed E-state index contributed by atoms with van der Waals surface area (Å²) in [5, 5.41) is 7.40. The molecule has 5 heteroatoms. The highest BCUT2D eigenvalue weighted by Gasteiger charge is 2.11. The van der Waals surface area contributed by atoms with Gasteiger partial charge in [-0.05, 0) is 55.7 Å². The average molecular weight is 411 g/mol. The first kappa shape index (κ1) is 20.4. The molecule has 4 rings (SSSR count). The van der Waals surface area contributed by atoms with E-state index in [4.69, 9.17) is 0 Å². The molecule has 0 radical (unpaired) electrons. The molecule has 0 spiro atoms. The van der Waals surface area contributed by atoms with E-state index in [-0.39, 0.29) is 5.91 Å². The Balaban J connectivity index is 1.52. The number of para-hydroxylation sites is 1. The molecule has 1 heterocycles. The number of aliphatic imine (C=N–C) groups is 1. The van der Waals surface area contributed by atoms with Gasteiger partial charge in [0.2, 0.25) is 5.96 Å². The second-order valence-corrected chi connectivity index (χ2v) is 7.60. The highest BCUT2D eigenvalue weighted by Crippen LogP contribution is 2.18. The van der Waals surface area contributed by atoms with Gasteiger partial charge in [-0.2, -0.15) is 0 Å². The number of benzene rings is 3. The SMILES string of the molecule is Cc1ccc(NC(=NCCc2c[nH]c3ccccc23)NC(=O)c2ccccc2C)cc1. The van der Waals surface area contributed by atoms with E-state index in [0.29, 0.717) is 18.1 Å². The minimum Gasteiger partial charge on any atom is -0.361 e. The number of hydrogen-bond donors (Lipinski definition) is 3. The van der Waals surface area contributed by atoms with E-state index in [2.05, 4.69) is 32.7 Å². The van der Waals surface area contributed by atoms with Gasteiger partial charge in [0.1, 0.15) is 0 Å². The van der Waals surface area contributed by atoms with Gasteiger partial charge >= 0.3 is 0 Å². The molecule has 0 atom stereocenters. The predicted octanol–water partition coefficient (Wildman–Crippen LogP) is 5.23. The van der Waals surface area contributed by atoms with Crippen molar-refractivity contribution in [2.24, 2.45) is 4.99 Å². The molecular formula is C26H26N4O. The first-order chi connectivity index (χ1) is 15.1. The monoisotopic (exact) mass is 410 g/mol. The summed E-state index contributed by atoms with van der Waals surface area (Å²) in [6.07, 6.45) is 2.79. The van der Waals surface area contributed by atoms with Gasteiger partial charge in [-0.15, -0.1) is 0 Å². The van der Waals surface area contributed by atoms with Crippen LogP contribution in [0.15, 0.2) is 84.0 Å². The quantitative estimate of drug-likeness (QED) is 0.312. The van der Waals surface area contributed by atoms with Gasteiger partial charge in [0.05, 0.1) is 0 Å². The van der Waals surface area contributed by atoms with Crippen LogP contribution in [0.1, 0.15) is 27.0 Å². The zero-order chi connectivity index (χ0) is 21.6. The summed E-state index contributed by atoms with van der Waals surface area (Å²) >= 11 is 0. The predicted molar refractivity (Wildman–Crippen MR) is 128 cm³/mol. The summed E-state index contributed by atoms with van der Waals surface area (Å²) in [6, 6.07) is 23.8. The van der Waals surface area contributed by atoms with Crippen LogP contribution in [-0.2, 0) is 6.42 Å². The minimum atomic E-state index is -0.177. The number of carbonyl (C=O) groups is 1. The molecule has 0 fully saturated rings. The van der Waals surface area contributed by atoms with Crippen molar-refractivity contribution in [1.29, 1.82) is 0 Å². The van der Waals surface area contributed by atoms with Crippen molar-refractivity contribution in [3.63, 3.8) is 0 Å². The number of aryl methyl sites for hydroxylation is 2. The Morgan fingerprint density at radius 3 is 2.48 bits per heavy atom. The first-order valence-corrected chi connectivity index (χ1v) is 10.4. The Kier molecular flexibility index (Phi) is 6.13. The summed E-state index contributed by atoms with van der Waals surface area (Å²) < 4.78 is 0. The lowest BCUT2D eigenvalue weighted by molar-refractivity contribution is 0.0976. The van der Waals surface area contributed by atoms with Crippen LogP contribution < -0.4 is 10.6 Å². The largest absolute Gasteiger partial charge is 0.361 e. The maximum atomic E-state index is 12.8. The summed E-state index contributed by atoms with van der Waals surface area (Å²) in [7, 11) is 0. The number of anilines is 1. The van der Waals surface area contributed by atoms with E-state index < -0.39 is 0 Å². The lowest BCUT2D eigenvalue weighted by Crippen LogP contribution is -2.36. The number of carbonyl (C=O) groups excluding carboxylic acids is 1. The van der Waals surface area contributed by atoms with Crippen LogP contribution in [0.3, 0.4) is 0 Å². The molecule has 0 saturated heterocycles. The highest BCUT2D eigenvalue weighted by molar-refractivity contribution is 6.10. The van der Waals surface area contributed by atoms with Crippen molar-refractivity contribution in [2.75, 3.05) is 11.9 Å². The van der Waals surface area contributed by atoms with Crippen LogP contribution in [0.4, 0.5) is 5.69 Å². The standard InChI is InChI=1S/C26H26N4O/c1-18-11-13-21(14-12-18)29-26(30-25(31)22-8-4-3-7-19(22)2)27-16-15-20-17-28-24-10-6-5-9-23(20)24/h3-14,17,28H,15-16H2,1-2H3,(H2,27,29,30,31). The molecule has 3 N–H and O–H groups in total. The molecule has 1 amide bonds. The zero-order valence-corrected chi connectivity index (χ0v) is 17.8. The number of fused-ring (bicyclic) bond motifs is 1. The van der Waals surface area contributed by atoms with Gasteiger partial charge in [0.15, 0.2) is 0 Å². The normalized spacial score (nSPS) is 11.5. The van der Waals surface area contributed by atoms with Crippen LogP contribution in [0.25, 0.3) is 10.9 Å². The van der Waals surface area contributed by atoms with E-state index in [1.54, 1.807) is 0 Å². The van der Waals surface area contributed by atoms with Gasteiger partial charge in [0.25, 0.3) is 5.91 Å². The first-order valence-electron chi connectivity index (χ1n) is 10.4. The molecule has 0 aliphatic rings. The summed E-state index contributed by atoms with van der Waals surface area (Å²) in [4.78, 5) is 20.8. The smallest absolute Gasteiger partial charge is 0.258 e. The maximum Gasteiger partial charge on any atom is 0.258 e. The second kappa shape index (κ2) is 9.30. The maximum absolute atomic E-state index is 12.8. The number of rotatable bonds is 5. The Labute approximate surface area is 182 Å². The van der Waals surface area contributed by atoms with E-state index in [0.717, 1.165) is 23.2 Å². The van der Waals surface area contributed by atoms with Gasteiger partial charge in [-0.3, -0.25) is 15.1 Å². The van der Waals surface area contributed by atoms with E-state index in [1.807, 2.05) is 80.7 Å². The van der Waals surface area contributed by atoms with Gasteiger partial charge in [-0.1, -0.05) is 54.1 Å². The fourth-order valence-corrected chi connectivity index (χ4v) is 3.51. The highest BCUT2D eigenvalue weighted by atomic mass is 16.1. The van der Waals surface area contributed by atoms with Crippen molar-refractivity contribution in [2.45, 2.75) is 20.3 Å². The molecule has 156 valence electrons. The number of nitrogens with one attached hydrogen (secondary N) is 3. The number of guanidine groups is 1. The number of aromatic nitrogens is 1. The molecule has 0 unspecified atom stereocenters. The molecule has 0 aliphatic carbocycles. The third kappa shape index (κ3) is 5.01.